The van der Waals surface area contributed by atoms with E-state index in [-0.39, 0.29) is 29.0 Å². The molecule has 2 atom stereocenters. The largest absolute Gasteiger partial charge is 0.342 e. The molecule has 2 N–H and O–H groups in total. The Hall–Kier alpha value is -1.93. The third-order valence-electron chi connectivity index (χ3n) is 5.45. The molecule has 0 bridgehead atoms. The van der Waals surface area contributed by atoms with E-state index in [0.29, 0.717) is 25.4 Å². The van der Waals surface area contributed by atoms with E-state index in [1.165, 1.54) is 12.1 Å². The lowest BCUT2D eigenvalue weighted by Crippen LogP contribution is -2.43. The summed E-state index contributed by atoms with van der Waals surface area (Å²) in [6.45, 7) is 4.74. The Labute approximate surface area is 160 Å². The molecule has 2 aliphatic rings. The van der Waals surface area contributed by atoms with Crippen molar-refractivity contribution in [1.82, 2.24) is 9.80 Å². The Morgan fingerprint density at radius 2 is 1.93 bits per heavy atom. The van der Waals surface area contributed by atoms with Gasteiger partial charge in [-0.05, 0) is 42.9 Å². The van der Waals surface area contributed by atoms with Crippen molar-refractivity contribution in [3.05, 3.63) is 29.8 Å². The van der Waals surface area contributed by atoms with E-state index in [2.05, 4.69) is 6.92 Å². The normalized spacial score (nSPS) is 23.7. The van der Waals surface area contributed by atoms with Gasteiger partial charge in [-0.1, -0.05) is 19.1 Å². The van der Waals surface area contributed by atoms with Crippen molar-refractivity contribution < 1.29 is 18.0 Å². The summed E-state index contributed by atoms with van der Waals surface area (Å²) in [5.74, 6) is 0.401. The molecule has 2 fully saturated rings. The van der Waals surface area contributed by atoms with Crippen LogP contribution in [0.5, 0.6) is 0 Å². The predicted octanol–water partition coefficient (Wildman–Crippen LogP) is 0.984. The molecule has 0 aromatic heterocycles. The molecule has 0 aliphatic carbocycles. The molecule has 2 saturated heterocycles. The summed E-state index contributed by atoms with van der Waals surface area (Å²) >= 11 is 0. The number of likely N-dealkylation sites (tertiary alicyclic amines) is 2. The van der Waals surface area contributed by atoms with E-state index in [0.717, 1.165) is 31.5 Å². The highest BCUT2D eigenvalue weighted by molar-refractivity contribution is 7.89. The number of carbonyl (C=O) groups is 2. The van der Waals surface area contributed by atoms with Gasteiger partial charge in [0, 0.05) is 32.6 Å². The zero-order valence-electron chi connectivity index (χ0n) is 15.6. The Kier molecular flexibility index (Phi) is 5.86. The fourth-order valence-corrected chi connectivity index (χ4v) is 4.43. The zero-order valence-corrected chi connectivity index (χ0v) is 16.5. The summed E-state index contributed by atoms with van der Waals surface area (Å²) in [6, 6.07) is 6.36. The number of rotatable bonds is 5. The van der Waals surface area contributed by atoms with Gasteiger partial charge >= 0.3 is 0 Å². The van der Waals surface area contributed by atoms with Gasteiger partial charge in [-0.3, -0.25) is 9.59 Å². The van der Waals surface area contributed by atoms with Crippen molar-refractivity contribution >= 4 is 21.8 Å². The third-order valence-corrected chi connectivity index (χ3v) is 6.38. The number of nitrogens with two attached hydrogens (primary N) is 1. The Bertz CT molecular complexity index is 807. The minimum absolute atomic E-state index is 0.0135. The molecular weight excluding hydrogens is 366 g/mol. The van der Waals surface area contributed by atoms with Gasteiger partial charge in [0.25, 0.3) is 0 Å². The average molecular weight is 394 g/mol. The highest BCUT2D eigenvalue weighted by Gasteiger charge is 2.37. The van der Waals surface area contributed by atoms with Crippen molar-refractivity contribution in [2.75, 3.05) is 26.2 Å². The molecular formula is C19H27N3O4S. The van der Waals surface area contributed by atoms with Gasteiger partial charge in [0.05, 0.1) is 10.8 Å². The number of benzene rings is 1. The molecule has 148 valence electrons. The van der Waals surface area contributed by atoms with Gasteiger partial charge in [-0.25, -0.2) is 13.6 Å². The second-order valence-corrected chi connectivity index (χ2v) is 9.27. The van der Waals surface area contributed by atoms with Gasteiger partial charge in [-0.2, -0.15) is 0 Å². The molecule has 0 radical (unpaired) electrons. The summed E-state index contributed by atoms with van der Waals surface area (Å²) in [7, 11) is -3.70. The van der Waals surface area contributed by atoms with Crippen LogP contribution in [-0.2, 0) is 26.0 Å². The SMILES string of the molecule is CC1CCCN(C(=O)C2CC(=O)N(CCc3ccc(S(N)(=O)=O)cc3)C2)C1. The van der Waals surface area contributed by atoms with Crippen LogP contribution < -0.4 is 5.14 Å². The van der Waals surface area contributed by atoms with Crippen LogP contribution in [-0.4, -0.2) is 56.2 Å². The first-order valence-corrected chi connectivity index (χ1v) is 11.0. The summed E-state index contributed by atoms with van der Waals surface area (Å²) in [6.07, 6.45) is 3.09. The topological polar surface area (TPSA) is 101 Å². The van der Waals surface area contributed by atoms with Gasteiger partial charge in [0.15, 0.2) is 0 Å². The standard InChI is InChI=1S/C19H27N3O4S/c1-14-3-2-9-22(12-14)19(24)16-11-18(23)21(13-16)10-8-15-4-6-17(7-5-15)27(20,25)26/h4-7,14,16H,2-3,8-13H2,1H3,(H2,20,25,26). The minimum Gasteiger partial charge on any atom is -0.342 e. The second kappa shape index (κ2) is 7.98. The number of amides is 2. The summed E-state index contributed by atoms with van der Waals surface area (Å²) < 4.78 is 22.6. The highest BCUT2D eigenvalue weighted by Crippen LogP contribution is 2.24. The van der Waals surface area contributed by atoms with Gasteiger partial charge < -0.3 is 9.80 Å². The monoisotopic (exact) mass is 393 g/mol. The molecule has 2 aliphatic heterocycles. The van der Waals surface area contributed by atoms with Crippen LogP contribution in [0.15, 0.2) is 29.2 Å². The second-order valence-electron chi connectivity index (χ2n) is 7.71. The van der Waals surface area contributed by atoms with Crippen molar-refractivity contribution in [3.63, 3.8) is 0 Å². The number of nitrogens with zero attached hydrogens (tertiary/aromatic N) is 2. The zero-order chi connectivity index (χ0) is 19.6. The maximum Gasteiger partial charge on any atom is 0.238 e. The van der Waals surface area contributed by atoms with Crippen molar-refractivity contribution in [1.29, 1.82) is 0 Å². The van der Waals surface area contributed by atoms with E-state index >= 15 is 0 Å². The first-order chi connectivity index (χ1) is 12.7. The lowest BCUT2D eigenvalue weighted by molar-refractivity contribution is -0.137. The van der Waals surface area contributed by atoms with Crippen LogP contribution in [0.3, 0.4) is 0 Å². The highest BCUT2D eigenvalue weighted by atomic mass is 32.2. The van der Waals surface area contributed by atoms with E-state index < -0.39 is 10.0 Å². The number of sulfonamides is 1. The smallest absolute Gasteiger partial charge is 0.238 e. The number of hydrogen-bond donors (Lipinski definition) is 1. The number of piperidine rings is 1. The van der Waals surface area contributed by atoms with Crippen LogP contribution in [0, 0.1) is 11.8 Å². The first-order valence-electron chi connectivity index (χ1n) is 9.42. The van der Waals surface area contributed by atoms with Crippen LogP contribution >= 0.6 is 0 Å². The van der Waals surface area contributed by atoms with E-state index in [1.807, 2.05) is 4.90 Å². The lowest BCUT2D eigenvalue weighted by atomic mass is 9.98. The maximum absolute atomic E-state index is 12.7. The fourth-order valence-electron chi connectivity index (χ4n) is 3.91. The van der Waals surface area contributed by atoms with E-state index in [4.69, 9.17) is 5.14 Å². The van der Waals surface area contributed by atoms with Crippen LogP contribution in [0.1, 0.15) is 31.7 Å². The molecule has 1 aromatic carbocycles. The molecule has 2 amide bonds. The van der Waals surface area contributed by atoms with Crippen LogP contribution in [0.2, 0.25) is 0 Å². The minimum atomic E-state index is -3.70. The van der Waals surface area contributed by atoms with E-state index in [1.54, 1.807) is 17.0 Å². The third kappa shape index (κ3) is 4.87. The van der Waals surface area contributed by atoms with Crippen molar-refractivity contribution in [3.8, 4) is 0 Å². The number of primary sulfonamides is 1. The molecule has 27 heavy (non-hydrogen) atoms. The first kappa shape index (κ1) is 19.8. The van der Waals surface area contributed by atoms with Crippen molar-refractivity contribution in [2.24, 2.45) is 17.0 Å². The predicted molar refractivity (Wildman–Crippen MR) is 101 cm³/mol. The number of carbonyl (C=O) groups excluding carboxylic acids is 2. The molecule has 1 aromatic rings. The molecule has 3 rings (SSSR count). The van der Waals surface area contributed by atoms with Crippen LogP contribution in [0.25, 0.3) is 0 Å². The van der Waals surface area contributed by atoms with Crippen molar-refractivity contribution in [2.45, 2.75) is 37.5 Å². The van der Waals surface area contributed by atoms with Gasteiger partial charge in [0.1, 0.15) is 0 Å². The fraction of sp³-hybridized carbons (Fsp3) is 0.579. The molecule has 2 heterocycles. The Morgan fingerprint density at radius 3 is 2.56 bits per heavy atom. The Morgan fingerprint density at radius 1 is 1.22 bits per heavy atom. The summed E-state index contributed by atoms with van der Waals surface area (Å²) in [5, 5.41) is 5.10. The lowest BCUT2D eigenvalue weighted by Gasteiger charge is -2.32. The van der Waals surface area contributed by atoms with Gasteiger partial charge in [0.2, 0.25) is 21.8 Å². The molecule has 8 heteroatoms. The summed E-state index contributed by atoms with van der Waals surface area (Å²) in [5.41, 5.74) is 0.926. The molecule has 0 saturated carbocycles. The molecule has 7 nitrogen and oxygen atoms in total. The maximum atomic E-state index is 12.7. The Balaban J connectivity index is 1.54. The summed E-state index contributed by atoms with van der Waals surface area (Å²) in [4.78, 5) is 28.8. The van der Waals surface area contributed by atoms with Crippen LogP contribution in [0.4, 0.5) is 0 Å². The number of hydrogen-bond acceptors (Lipinski definition) is 4. The quantitative estimate of drug-likeness (QED) is 0.806. The van der Waals surface area contributed by atoms with E-state index in [9.17, 15) is 18.0 Å². The van der Waals surface area contributed by atoms with Gasteiger partial charge in [-0.15, -0.1) is 0 Å². The average Bonchev–Trinajstić information content (AvgIpc) is 2.99. The molecule has 2 unspecified atom stereocenters. The molecule has 0 spiro atoms.